The van der Waals surface area contributed by atoms with Crippen LogP contribution in [-0.4, -0.2) is 12.3 Å². The van der Waals surface area contributed by atoms with Gasteiger partial charge in [0, 0.05) is 16.6 Å². The van der Waals surface area contributed by atoms with E-state index in [0.717, 1.165) is 33.9 Å². The maximum atomic E-state index is 12.4. The number of amides is 1. The zero-order valence-electron chi connectivity index (χ0n) is 14.4. The number of ether oxygens (including phenoxy) is 1. The van der Waals surface area contributed by atoms with Gasteiger partial charge in [-0.2, -0.15) is 0 Å². The molecular weight excluding hydrogens is 371 g/mol. The number of carbonyl (C=O) groups is 1. The van der Waals surface area contributed by atoms with Crippen LogP contribution < -0.4 is 10.1 Å². The number of benzene rings is 3. The molecule has 142 valence electrons. The van der Waals surface area contributed by atoms with Crippen molar-refractivity contribution in [3.63, 3.8) is 0 Å². The highest BCUT2D eigenvalue weighted by Gasteiger charge is 2.30. The molecule has 0 fully saturated rings. The first-order valence-electron chi connectivity index (χ1n) is 8.42. The second kappa shape index (κ2) is 6.92. The Kier molecular flexibility index (Phi) is 4.43. The smallest absolute Gasteiger partial charge is 0.464 e. The molecule has 0 aliphatic carbocycles. The fourth-order valence-electron chi connectivity index (χ4n) is 3.12. The van der Waals surface area contributed by atoms with Crippen LogP contribution in [0.15, 0.2) is 71.3 Å². The number of nitrogens with one attached hydrogen (secondary N) is 1. The largest absolute Gasteiger partial charge is 0.573 e. The molecule has 4 rings (SSSR count). The third kappa shape index (κ3) is 3.78. The van der Waals surface area contributed by atoms with Crippen molar-refractivity contribution in [1.29, 1.82) is 0 Å². The lowest BCUT2D eigenvalue weighted by atomic mass is 10.0. The molecule has 0 unspecified atom stereocenters. The van der Waals surface area contributed by atoms with Gasteiger partial charge in [-0.1, -0.05) is 30.3 Å². The molecule has 0 aliphatic rings. The molecule has 28 heavy (non-hydrogen) atoms. The minimum Gasteiger partial charge on any atom is -0.464 e. The Balaban J connectivity index is 1.52. The molecule has 0 saturated heterocycles. The average molecular weight is 385 g/mol. The van der Waals surface area contributed by atoms with E-state index in [-0.39, 0.29) is 18.1 Å². The van der Waals surface area contributed by atoms with E-state index in [9.17, 15) is 18.0 Å². The Bertz CT molecular complexity index is 1150. The molecule has 1 amide bonds. The van der Waals surface area contributed by atoms with Crippen molar-refractivity contribution in [2.75, 3.05) is 5.32 Å². The number of hydrogen-bond acceptors (Lipinski definition) is 3. The number of furan rings is 1. The van der Waals surface area contributed by atoms with Gasteiger partial charge in [0.15, 0.2) is 0 Å². The summed E-state index contributed by atoms with van der Waals surface area (Å²) in [5, 5.41) is 5.57. The fourth-order valence-corrected chi connectivity index (χ4v) is 3.12. The highest BCUT2D eigenvalue weighted by Crippen LogP contribution is 2.30. The van der Waals surface area contributed by atoms with Gasteiger partial charge >= 0.3 is 6.36 Å². The second-order valence-corrected chi connectivity index (χ2v) is 6.22. The summed E-state index contributed by atoms with van der Waals surface area (Å²) in [5.41, 5.74) is 1.80. The van der Waals surface area contributed by atoms with Gasteiger partial charge in [-0.3, -0.25) is 4.79 Å². The number of rotatable bonds is 4. The Labute approximate surface area is 157 Å². The van der Waals surface area contributed by atoms with Gasteiger partial charge in [0.1, 0.15) is 11.3 Å². The summed E-state index contributed by atoms with van der Waals surface area (Å²) < 4.78 is 46.0. The van der Waals surface area contributed by atoms with Crippen LogP contribution in [0, 0.1) is 0 Å². The third-order valence-corrected chi connectivity index (χ3v) is 4.26. The topological polar surface area (TPSA) is 51.5 Å². The van der Waals surface area contributed by atoms with Crippen molar-refractivity contribution < 1.29 is 27.1 Å². The Morgan fingerprint density at radius 1 is 1.00 bits per heavy atom. The van der Waals surface area contributed by atoms with E-state index in [1.54, 1.807) is 6.26 Å². The third-order valence-electron chi connectivity index (χ3n) is 4.26. The summed E-state index contributed by atoms with van der Waals surface area (Å²) in [5.74, 6) is -0.655. The minimum atomic E-state index is -4.75. The normalized spacial score (nSPS) is 11.7. The van der Waals surface area contributed by atoms with Crippen LogP contribution in [0.5, 0.6) is 5.75 Å². The Morgan fingerprint density at radius 3 is 2.50 bits per heavy atom. The van der Waals surface area contributed by atoms with Crippen LogP contribution in [0.2, 0.25) is 0 Å². The van der Waals surface area contributed by atoms with Gasteiger partial charge < -0.3 is 14.5 Å². The Hall–Kier alpha value is -3.48. The zero-order valence-corrected chi connectivity index (χ0v) is 14.4. The molecule has 0 aliphatic heterocycles. The first-order valence-corrected chi connectivity index (χ1v) is 8.42. The van der Waals surface area contributed by atoms with E-state index in [2.05, 4.69) is 10.1 Å². The lowest BCUT2D eigenvalue weighted by molar-refractivity contribution is -0.274. The van der Waals surface area contributed by atoms with Crippen molar-refractivity contribution in [2.24, 2.45) is 0 Å². The molecule has 1 N–H and O–H groups in total. The molecule has 0 atom stereocenters. The summed E-state index contributed by atoms with van der Waals surface area (Å²) >= 11 is 0. The van der Waals surface area contributed by atoms with Crippen LogP contribution in [0.25, 0.3) is 21.7 Å². The van der Waals surface area contributed by atoms with Gasteiger partial charge in [-0.05, 0) is 41.1 Å². The number of fused-ring (bicyclic) bond motifs is 3. The molecule has 0 radical (unpaired) electrons. The number of hydrogen-bond donors (Lipinski definition) is 1. The quantitative estimate of drug-likeness (QED) is 0.493. The lowest BCUT2D eigenvalue weighted by Crippen LogP contribution is -2.17. The maximum absolute atomic E-state index is 12.4. The summed E-state index contributed by atoms with van der Waals surface area (Å²) in [6.07, 6.45) is -3.13. The Morgan fingerprint density at radius 2 is 1.75 bits per heavy atom. The van der Waals surface area contributed by atoms with Crippen LogP contribution >= 0.6 is 0 Å². The van der Waals surface area contributed by atoms with Crippen molar-refractivity contribution in [3.05, 3.63) is 72.5 Å². The molecule has 0 bridgehead atoms. The van der Waals surface area contributed by atoms with Crippen LogP contribution in [0.3, 0.4) is 0 Å². The van der Waals surface area contributed by atoms with E-state index in [1.165, 1.54) is 12.1 Å². The van der Waals surface area contributed by atoms with E-state index in [1.807, 2.05) is 36.4 Å². The molecule has 1 aromatic heterocycles. The van der Waals surface area contributed by atoms with Gasteiger partial charge in [0.05, 0.1) is 12.7 Å². The van der Waals surface area contributed by atoms with E-state index >= 15 is 0 Å². The fraction of sp³-hybridized carbons (Fsp3) is 0.0952. The molecule has 1 heterocycles. The summed E-state index contributed by atoms with van der Waals surface area (Å²) in [4.78, 5) is 12.4. The second-order valence-electron chi connectivity index (χ2n) is 6.22. The molecule has 0 spiro atoms. The van der Waals surface area contributed by atoms with Crippen LogP contribution in [-0.2, 0) is 11.2 Å². The van der Waals surface area contributed by atoms with Gasteiger partial charge in [0.2, 0.25) is 5.91 Å². The molecule has 0 saturated carbocycles. The number of halogens is 3. The summed E-state index contributed by atoms with van der Waals surface area (Å²) in [6.45, 7) is 0. The van der Waals surface area contributed by atoms with Crippen molar-refractivity contribution in [1.82, 2.24) is 0 Å². The van der Waals surface area contributed by atoms with E-state index in [4.69, 9.17) is 4.42 Å². The number of carbonyl (C=O) groups excluding carboxylic acids is 1. The number of alkyl halides is 3. The number of anilines is 1. The molecule has 3 aromatic carbocycles. The van der Waals surface area contributed by atoms with Crippen molar-refractivity contribution in [2.45, 2.75) is 12.8 Å². The summed E-state index contributed by atoms with van der Waals surface area (Å²) in [6, 6.07) is 16.6. The SMILES string of the molecule is O=C(Cc1coc2ccc3ccccc3c12)Nc1ccc(OC(F)(F)F)cc1. The minimum absolute atomic E-state index is 0.0712. The van der Waals surface area contributed by atoms with E-state index in [0.29, 0.717) is 11.3 Å². The monoisotopic (exact) mass is 385 g/mol. The molecular formula is C21H14F3NO3. The first-order chi connectivity index (χ1) is 13.4. The van der Waals surface area contributed by atoms with Crippen molar-refractivity contribution in [3.8, 4) is 5.75 Å². The average Bonchev–Trinajstić information content (AvgIpc) is 3.05. The first kappa shape index (κ1) is 17.9. The van der Waals surface area contributed by atoms with Gasteiger partial charge in [-0.15, -0.1) is 13.2 Å². The van der Waals surface area contributed by atoms with Gasteiger partial charge in [-0.25, -0.2) is 0 Å². The molecule has 4 aromatic rings. The zero-order chi connectivity index (χ0) is 19.7. The maximum Gasteiger partial charge on any atom is 0.573 e. The standard InChI is InChI=1S/C21H14F3NO3/c22-21(23,24)28-16-8-6-15(7-9-16)25-19(26)11-14-12-27-18-10-5-13-3-1-2-4-17(13)20(14)18/h1-10,12H,11H2,(H,25,26). The van der Waals surface area contributed by atoms with Gasteiger partial charge in [0.25, 0.3) is 0 Å². The lowest BCUT2D eigenvalue weighted by Gasteiger charge is -2.10. The predicted molar refractivity (Wildman–Crippen MR) is 99.2 cm³/mol. The summed E-state index contributed by atoms with van der Waals surface area (Å²) in [7, 11) is 0. The van der Waals surface area contributed by atoms with Crippen LogP contribution in [0.4, 0.5) is 18.9 Å². The van der Waals surface area contributed by atoms with E-state index < -0.39 is 6.36 Å². The molecule has 4 nitrogen and oxygen atoms in total. The van der Waals surface area contributed by atoms with Crippen molar-refractivity contribution >= 4 is 33.3 Å². The molecule has 7 heteroatoms. The predicted octanol–water partition coefficient (Wildman–Crippen LogP) is 5.67. The highest BCUT2D eigenvalue weighted by molar-refractivity contribution is 6.09. The highest BCUT2D eigenvalue weighted by atomic mass is 19.4. The van der Waals surface area contributed by atoms with Crippen LogP contribution in [0.1, 0.15) is 5.56 Å².